The van der Waals surface area contributed by atoms with Gasteiger partial charge in [-0.25, -0.2) is 9.97 Å². The van der Waals surface area contributed by atoms with Gasteiger partial charge in [0.1, 0.15) is 6.73 Å². The van der Waals surface area contributed by atoms with Crippen molar-refractivity contribution >= 4 is 28.5 Å². The molecule has 0 aliphatic carbocycles. The number of fused-ring (bicyclic) bond motifs is 1. The van der Waals surface area contributed by atoms with Crippen molar-refractivity contribution in [2.45, 2.75) is 6.73 Å². The molecule has 0 atom stereocenters. The molecular weight excluding hydrogens is 300 g/mol. The predicted molar refractivity (Wildman–Crippen MR) is 87.3 cm³/mol. The number of benzene rings is 1. The molecule has 0 amide bonds. The number of hydrogen-bond acceptors (Lipinski definition) is 4. The molecule has 2 aromatic heterocycles. The lowest BCUT2D eigenvalue weighted by Crippen LogP contribution is -1.97. The van der Waals surface area contributed by atoms with Gasteiger partial charge in [0.05, 0.1) is 22.4 Å². The summed E-state index contributed by atoms with van der Waals surface area (Å²) in [6.45, 7) is 0.407. The summed E-state index contributed by atoms with van der Waals surface area (Å²) in [5.41, 5.74) is 8.85. The Labute approximate surface area is 132 Å². The molecule has 22 heavy (non-hydrogen) atoms. The first-order valence-electron chi connectivity index (χ1n) is 6.51. The molecular formula is C16H13ClN4O. The van der Waals surface area contributed by atoms with Crippen LogP contribution in [-0.2, 0) is 11.5 Å². The number of nitrogens with zero attached hydrogens (tertiary/aromatic N) is 3. The van der Waals surface area contributed by atoms with Crippen LogP contribution in [0.25, 0.3) is 22.2 Å². The summed E-state index contributed by atoms with van der Waals surface area (Å²) in [4.78, 5) is 8.14. The highest BCUT2D eigenvalue weighted by Crippen LogP contribution is 2.34. The van der Waals surface area contributed by atoms with Crippen molar-refractivity contribution in [3.8, 4) is 23.6 Å². The molecule has 6 heteroatoms. The summed E-state index contributed by atoms with van der Waals surface area (Å²) in [6, 6.07) is 5.76. The van der Waals surface area contributed by atoms with Gasteiger partial charge in [-0.3, -0.25) is 0 Å². The van der Waals surface area contributed by atoms with Gasteiger partial charge in [-0.2, -0.15) is 0 Å². The Morgan fingerprint density at radius 3 is 3.00 bits per heavy atom. The van der Waals surface area contributed by atoms with E-state index in [0.29, 0.717) is 17.4 Å². The van der Waals surface area contributed by atoms with Crippen LogP contribution in [0.5, 0.6) is 0 Å². The number of halogens is 1. The summed E-state index contributed by atoms with van der Waals surface area (Å²) in [5.74, 6) is 2.80. The zero-order valence-corrected chi connectivity index (χ0v) is 12.6. The van der Waals surface area contributed by atoms with Crippen molar-refractivity contribution in [2.75, 3.05) is 12.8 Å². The van der Waals surface area contributed by atoms with E-state index in [-0.39, 0.29) is 5.95 Å². The summed E-state index contributed by atoms with van der Waals surface area (Å²) in [6.07, 6.45) is 8.90. The third-order valence-electron chi connectivity index (χ3n) is 3.33. The molecule has 1 aromatic carbocycles. The highest BCUT2D eigenvalue weighted by atomic mass is 35.5. The monoisotopic (exact) mass is 312 g/mol. The first-order chi connectivity index (χ1) is 10.6. The van der Waals surface area contributed by atoms with Gasteiger partial charge in [-0.1, -0.05) is 17.5 Å². The molecule has 0 aliphatic rings. The number of anilines is 1. The third-order valence-corrected chi connectivity index (χ3v) is 3.61. The Morgan fingerprint density at radius 1 is 1.45 bits per heavy atom. The number of nitrogens with two attached hydrogens (primary N) is 1. The minimum atomic E-state index is 0.167. The van der Waals surface area contributed by atoms with Crippen molar-refractivity contribution in [1.29, 1.82) is 0 Å². The number of ether oxygens (including phenoxy) is 1. The molecule has 5 nitrogen and oxygen atoms in total. The Kier molecular flexibility index (Phi) is 3.72. The molecule has 3 rings (SSSR count). The van der Waals surface area contributed by atoms with Crippen LogP contribution < -0.4 is 5.73 Å². The minimum Gasteiger partial charge on any atom is -0.368 e. The number of hydrogen-bond donors (Lipinski definition) is 1. The minimum absolute atomic E-state index is 0.167. The number of methoxy groups -OCH3 is 1. The van der Waals surface area contributed by atoms with E-state index < -0.39 is 0 Å². The predicted octanol–water partition coefficient (Wildman–Crippen LogP) is 2.92. The van der Waals surface area contributed by atoms with Crippen molar-refractivity contribution in [2.24, 2.45) is 0 Å². The van der Waals surface area contributed by atoms with Gasteiger partial charge in [0, 0.05) is 29.8 Å². The standard InChI is InChI=1S/C16H13ClN4O/c1-3-10-4-5-14-11(6-10)12(8-21(14)9-22-2)15-13(17)7-19-16(18)20-15/h1,4-8H,9H2,2H3,(H2,18,19,20). The van der Waals surface area contributed by atoms with E-state index in [9.17, 15) is 0 Å². The quantitative estimate of drug-likeness (QED) is 0.755. The van der Waals surface area contributed by atoms with Crippen LogP contribution in [0.2, 0.25) is 5.02 Å². The average molecular weight is 313 g/mol. The molecule has 2 heterocycles. The molecule has 0 unspecified atom stereocenters. The van der Waals surface area contributed by atoms with E-state index in [0.717, 1.165) is 22.0 Å². The van der Waals surface area contributed by atoms with Crippen molar-refractivity contribution in [3.05, 3.63) is 41.2 Å². The van der Waals surface area contributed by atoms with Crippen LogP contribution >= 0.6 is 11.6 Å². The highest BCUT2D eigenvalue weighted by Gasteiger charge is 2.15. The van der Waals surface area contributed by atoms with Crippen LogP contribution in [0.15, 0.2) is 30.6 Å². The van der Waals surface area contributed by atoms with E-state index >= 15 is 0 Å². The van der Waals surface area contributed by atoms with Crippen molar-refractivity contribution in [1.82, 2.24) is 14.5 Å². The number of terminal acetylenes is 1. The van der Waals surface area contributed by atoms with Gasteiger partial charge in [-0.15, -0.1) is 6.42 Å². The van der Waals surface area contributed by atoms with Gasteiger partial charge in [0.2, 0.25) is 5.95 Å². The molecule has 0 aliphatic heterocycles. The molecule has 0 spiro atoms. The first-order valence-corrected chi connectivity index (χ1v) is 6.88. The molecule has 0 bridgehead atoms. The van der Waals surface area contributed by atoms with Crippen LogP contribution in [0.4, 0.5) is 5.95 Å². The summed E-state index contributed by atoms with van der Waals surface area (Å²) in [7, 11) is 1.64. The van der Waals surface area contributed by atoms with Gasteiger partial charge < -0.3 is 15.0 Å². The lowest BCUT2D eigenvalue weighted by molar-refractivity contribution is 0.135. The Morgan fingerprint density at radius 2 is 2.27 bits per heavy atom. The smallest absolute Gasteiger partial charge is 0.220 e. The second-order valence-corrected chi connectivity index (χ2v) is 5.14. The lowest BCUT2D eigenvalue weighted by Gasteiger charge is -2.03. The topological polar surface area (TPSA) is 66.0 Å². The SMILES string of the molecule is C#Cc1ccc2c(c1)c(-c1nc(N)ncc1Cl)cn2COC. The Bertz CT molecular complexity index is 895. The van der Waals surface area contributed by atoms with Gasteiger partial charge in [0.15, 0.2) is 0 Å². The third kappa shape index (κ3) is 2.39. The second kappa shape index (κ2) is 5.68. The molecule has 0 saturated carbocycles. The maximum atomic E-state index is 6.23. The van der Waals surface area contributed by atoms with E-state index in [2.05, 4.69) is 15.9 Å². The number of aromatic nitrogens is 3. The zero-order valence-electron chi connectivity index (χ0n) is 11.9. The lowest BCUT2D eigenvalue weighted by atomic mass is 10.1. The van der Waals surface area contributed by atoms with Gasteiger partial charge in [-0.05, 0) is 18.2 Å². The summed E-state index contributed by atoms with van der Waals surface area (Å²) in [5, 5.41) is 1.37. The summed E-state index contributed by atoms with van der Waals surface area (Å²) < 4.78 is 7.19. The fraction of sp³-hybridized carbons (Fsp3) is 0.125. The van der Waals surface area contributed by atoms with E-state index in [1.54, 1.807) is 7.11 Å². The normalized spacial score (nSPS) is 10.8. The van der Waals surface area contributed by atoms with Crippen LogP contribution in [0.1, 0.15) is 5.56 Å². The molecule has 0 radical (unpaired) electrons. The number of nitrogen functional groups attached to an aromatic ring is 1. The Hall–Kier alpha value is -2.55. The number of rotatable bonds is 3. The van der Waals surface area contributed by atoms with Crippen LogP contribution in [-0.4, -0.2) is 21.6 Å². The molecule has 110 valence electrons. The summed E-state index contributed by atoms with van der Waals surface area (Å²) >= 11 is 6.23. The first kappa shape index (κ1) is 14.4. The van der Waals surface area contributed by atoms with Crippen molar-refractivity contribution in [3.63, 3.8) is 0 Å². The molecule has 0 fully saturated rings. The molecule has 3 aromatic rings. The van der Waals surface area contributed by atoms with Crippen LogP contribution in [0.3, 0.4) is 0 Å². The maximum Gasteiger partial charge on any atom is 0.220 e. The fourth-order valence-electron chi connectivity index (χ4n) is 2.39. The van der Waals surface area contributed by atoms with Crippen molar-refractivity contribution < 1.29 is 4.74 Å². The van der Waals surface area contributed by atoms with Gasteiger partial charge >= 0.3 is 0 Å². The fourth-order valence-corrected chi connectivity index (χ4v) is 2.58. The Balaban J connectivity index is 2.32. The molecule has 2 N–H and O–H groups in total. The maximum absolute atomic E-state index is 6.23. The van der Waals surface area contributed by atoms with Gasteiger partial charge in [0.25, 0.3) is 0 Å². The average Bonchev–Trinajstić information content (AvgIpc) is 2.88. The molecule has 0 saturated heterocycles. The largest absolute Gasteiger partial charge is 0.368 e. The van der Waals surface area contributed by atoms with E-state index in [1.807, 2.05) is 29.0 Å². The van der Waals surface area contributed by atoms with E-state index in [4.69, 9.17) is 28.5 Å². The highest BCUT2D eigenvalue weighted by molar-refractivity contribution is 6.33. The van der Waals surface area contributed by atoms with E-state index in [1.165, 1.54) is 6.20 Å². The second-order valence-electron chi connectivity index (χ2n) is 4.73. The van der Waals surface area contributed by atoms with Crippen LogP contribution in [0, 0.1) is 12.3 Å². The zero-order chi connectivity index (χ0) is 15.7.